The van der Waals surface area contributed by atoms with Crippen molar-refractivity contribution in [3.63, 3.8) is 0 Å². The minimum absolute atomic E-state index is 0.241. The van der Waals surface area contributed by atoms with Crippen molar-refractivity contribution < 1.29 is 4.39 Å². The lowest BCUT2D eigenvalue weighted by molar-refractivity contribution is 0.626. The summed E-state index contributed by atoms with van der Waals surface area (Å²) >= 11 is 0. The Balaban J connectivity index is 1.58. The first-order valence-corrected chi connectivity index (χ1v) is 9.31. The quantitative estimate of drug-likeness (QED) is 0.668. The van der Waals surface area contributed by atoms with E-state index in [1.165, 1.54) is 25.0 Å². The Labute approximate surface area is 158 Å². The maximum Gasteiger partial charge on any atom is 0.225 e. The van der Waals surface area contributed by atoms with Crippen LogP contribution in [0.1, 0.15) is 31.2 Å². The number of rotatable bonds is 6. The van der Waals surface area contributed by atoms with Crippen molar-refractivity contribution in [2.24, 2.45) is 0 Å². The second-order valence-corrected chi connectivity index (χ2v) is 6.79. The van der Waals surface area contributed by atoms with Gasteiger partial charge >= 0.3 is 0 Å². The number of pyridine rings is 1. The van der Waals surface area contributed by atoms with Crippen LogP contribution in [0.25, 0.3) is 11.4 Å². The first-order valence-electron chi connectivity index (χ1n) is 9.31. The van der Waals surface area contributed by atoms with Crippen molar-refractivity contribution in [1.82, 2.24) is 15.0 Å². The highest BCUT2D eigenvalue weighted by atomic mass is 19.1. The molecule has 1 saturated carbocycles. The molecule has 3 aromatic rings. The molecule has 0 aliphatic heterocycles. The maximum absolute atomic E-state index is 13.4. The van der Waals surface area contributed by atoms with E-state index in [9.17, 15) is 4.39 Å². The standard InChI is InChI=1S/C21H22FN5/c22-16-7-5-6-15(12-16)14-24-20-13-19(18-10-3-4-11-23-18)26-21(27-20)25-17-8-1-2-9-17/h3-7,10-13,17H,1-2,8-9,14H2,(H2,24,25,26,27). The van der Waals surface area contributed by atoms with Gasteiger partial charge in [0.25, 0.3) is 0 Å². The Morgan fingerprint density at radius 3 is 2.63 bits per heavy atom. The van der Waals surface area contributed by atoms with E-state index >= 15 is 0 Å². The van der Waals surface area contributed by atoms with E-state index in [2.05, 4.69) is 25.6 Å². The fraction of sp³-hybridized carbons (Fsp3) is 0.286. The zero-order valence-corrected chi connectivity index (χ0v) is 15.0. The average Bonchev–Trinajstić information content (AvgIpc) is 3.20. The van der Waals surface area contributed by atoms with Crippen LogP contribution in [0.15, 0.2) is 54.7 Å². The van der Waals surface area contributed by atoms with Gasteiger partial charge in [0.1, 0.15) is 11.6 Å². The summed E-state index contributed by atoms with van der Waals surface area (Å²) in [7, 11) is 0. The molecule has 4 rings (SSSR count). The van der Waals surface area contributed by atoms with Gasteiger partial charge in [-0.15, -0.1) is 0 Å². The second kappa shape index (κ2) is 8.12. The number of benzene rings is 1. The number of anilines is 2. The van der Waals surface area contributed by atoms with Gasteiger partial charge in [0.15, 0.2) is 0 Å². The Kier molecular flexibility index (Phi) is 5.23. The van der Waals surface area contributed by atoms with Gasteiger partial charge in [0.2, 0.25) is 5.95 Å². The number of nitrogens with one attached hydrogen (secondary N) is 2. The van der Waals surface area contributed by atoms with Crippen molar-refractivity contribution in [2.75, 3.05) is 10.6 Å². The molecule has 0 amide bonds. The molecule has 2 N–H and O–H groups in total. The highest BCUT2D eigenvalue weighted by Crippen LogP contribution is 2.24. The monoisotopic (exact) mass is 363 g/mol. The fourth-order valence-corrected chi connectivity index (χ4v) is 3.34. The summed E-state index contributed by atoms with van der Waals surface area (Å²) in [5, 5.41) is 6.73. The number of aromatic nitrogens is 3. The molecule has 0 saturated heterocycles. The van der Waals surface area contributed by atoms with Gasteiger partial charge in [-0.05, 0) is 42.7 Å². The summed E-state index contributed by atoms with van der Waals surface area (Å²) in [6.45, 7) is 0.485. The molecule has 27 heavy (non-hydrogen) atoms. The number of halogens is 1. The molecular formula is C21H22FN5. The molecule has 1 aromatic carbocycles. The topological polar surface area (TPSA) is 62.7 Å². The van der Waals surface area contributed by atoms with Crippen LogP contribution in [-0.2, 0) is 6.54 Å². The van der Waals surface area contributed by atoms with Gasteiger partial charge < -0.3 is 10.6 Å². The molecule has 138 valence electrons. The molecule has 0 unspecified atom stereocenters. The van der Waals surface area contributed by atoms with Crippen LogP contribution in [0.4, 0.5) is 16.2 Å². The third-order valence-electron chi connectivity index (χ3n) is 4.70. The van der Waals surface area contributed by atoms with E-state index in [4.69, 9.17) is 0 Å². The summed E-state index contributed by atoms with van der Waals surface area (Å²) < 4.78 is 13.4. The SMILES string of the molecule is Fc1cccc(CNc2cc(-c3ccccn3)nc(NC3CCCC3)n2)c1. The van der Waals surface area contributed by atoms with E-state index in [1.807, 2.05) is 30.3 Å². The number of nitrogens with zero attached hydrogens (tertiary/aromatic N) is 3. The van der Waals surface area contributed by atoms with E-state index in [0.717, 1.165) is 29.8 Å². The summed E-state index contributed by atoms with van der Waals surface area (Å²) in [5.41, 5.74) is 2.41. The van der Waals surface area contributed by atoms with Crippen LogP contribution >= 0.6 is 0 Å². The van der Waals surface area contributed by atoms with Crippen LogP contribution in [0.5, 0.6) is 0 Å². The van der Waals surface area contributed by atoms with Gasteiger partial charge in [0.05, 0.1) is 11.4 Å². The predicted octanol–water partition coefficient (Wildman–Crippen LogP) is 4.64. The highest BCUT2D eigenvalue weighted by molar-refractivity contribution is 5.61. The molecule has 0 atom stereocenters. The van der Waals surface area contributed by atoms with E-state index in [0.29, 0.717) is 24.4 Å². The van der Waals surface area contributed by atoms with Crippen LogP contribution in [-0.4, -0.2) is 21.0 Å². The molecule has 0 bridgehead atoms. The van der Waals surface area contributed by atoms with Gasteiger partial charge in [-0.2, -0.15) is 4.98 Å². The lowest BCUT2D eigenvalue weighted by Gasteiger charge is -2.15. The van der Waals surface area contributed by atoms with Crippen LogP contribution in [0.2, 0.25) is 0 Å². The fourth-order valence-electron chi connectivity index (χ4n) is 3.34. The Bertz CT molecular complexity index is 894. The molecule has 0 radical (unpaired) electrons. The van der Waals surface area contributed by atoms with Crippen LogP contribution < -0.4 is 10.6 Å². The third-order valence-corrected chi connectivity index (χ3v) is 4.70. The normalized spacial score (nSPS) is 14.3. The van der Waals surface area contributed by atoms with Crippen molar-refractivity contribution >= 4 is 11.8 Å². The Morgan fingerprint density at radius 1 is 0.963 bits per heavy atom. The van der Waals surface area contributed by atoms with Crippen molar-refractivity contribution in [3.8, 4) is 11.4 Å². The molecule has 2 aromatic heterocycles. The average molecular weight is 363 g/mol. The minimum atomic E-state index is -0.241. The summed E-state index contributed by atoms with van der Waals surface area (Å²) in [6, 6.07) is 14.6. The van der Waals surface area contributed by atoms with Crippen LogP contribution in [0, 0.1) is 5.82 Å². The smallest absolute Gasteiger partial charge is 0.225 e. The lowest BCUT2D eigenvalue weighted by Crippen LogP contribution is -2.17. The zero-order valence-electron chi connectivity index (χ0n) is 15.0. The predicted molar refractivity (Wildman–Crippen MR) is 105 cm³/mol. The Hall–Kier alpha value is -3.02. The summed E-state index contributed by atoms with van der Waals surface area (Å²) in [4.78, 5) is 13.7. The Morgan fingerprint density at radius 2 is 1.85 bits per heavy atom. The van der Waals surface area contributed by atoms with Gasteiger partial charge in [-0.25, -0.2) is 9.37 Å². The van der Waals surface area contributed by atoms with Crippen molar-refractivity contribution in [3.05, 3.63) is 66.1 Å². The molecule has 1 aliphatic rings. The first kappa shape index (κ1) is 17.4. The van der Waals surface area contributed by atoms with Gasteiger partial charge in [-0.1, -0.05) is 31.0 Å². The summed E-state index contributed by atoms with van der Waals surface area (Å²) in [6.07, 6.45) is 6.51. The molecule has 6 heteroatoms. The number of hydrogen-bond acceptors (Lipinski definition) is 5. The third kappa shape index (κ3) is 4.58. The van der Waals surface area contributed by atoms with Crippen LogP contribution in [0.3, 0.4) is 0 Å². The maximum atomic E-state index is 13.4. The largest absolute Gasteiger partial charge is 0.366 e. The second-order valence-electron chi connectivity index (χ2n) is 6.79. The molecule has 5 nitrogen and oxygen atoms in total. The minimum Gasteiger partial charge on any atom is -0.366 e. The van der Waals surface area contributed by atoms with Gasteiger partial charge in [0, 0.05) is 24.8 Å². The van der Waals surface area contributed by atoms with E-state index in [-0.39, 0.29) is 5.82 Å². The van der Waals surface area contributed by atoms with Gasteiger partial charge in [-0.3, -0.25) is 4.98 Å². The summed E-state index contributed by atoms with van der Waals surface area (Å²) in [5.74, 6) is 1.05. The molecule has 1 fully saturated rings. The highest BCUT2D eigenvalue weighted by Gasteiger charge is 2.17. The molecule has 2 heterocycles. The van der Waals surface area contributed by atoms with Crippen molar-refractivity contribution in [2.45, 2.75) is 38.3 Å². The molecule has 0 spiro atoms. The van der Waals surface area contributed by atoms with E-state index < -0.39 is 0 Å². The molecular weight excluding hydrogens is 341 g/mol. The zero-order chi connectivity index (χ0) is 18.5. The molecule has 1 aliphatic carbocycles. The first-order chi connectivity index (χ1) is 13.3. The lowest BCUT2D eigenvalue weighted by atomic mass is 10.2. The van der Waals surface area contributed by atoms with E-state index in [1.54, 1.807) is 12.3 Å². The van der Waals surface area contributed by atoms with Crippen molar-refractivity contribution in [1.29, 1.82) is 0 Å². The number of hydrogen-bond donors (Lipinski definition) is 2.